The highest BCUT2D eigenvalue weighted by molar-refractivity contribution is 7.99. The average molecular weight is 363 g/mol. The van der Waals surface area contributed by atoms with Crippen LogP contribution >= 0.6 is 23.1 Å². The van der Waals surface area contributed by atoms with Gasteiger partial charge in [0.15, 0.2) is 0 Å². The van der Waals surface area contributed by atoms with Crippen molar-refractivity contribution in [1.29, 1.82) is 0 Å². The molecule has 0 unspecified atom stereocenters. The molecular weight excluding hydrogens is 336 g/mol. The van der Waals surface area contributed by atoms with Gasteiger partial charge >= 0.3 is 0 Å². The van der Waals surface area contributed by atoms with E-state index in [9.17, 15) is 4.79 Å². The Bertz CT molecular complexity index is 635. The molecule has 0 fully saturated rings. The summed E-state index contributed by atoms with van der Waals surface area (Å²) >= 11 is 3.39. The van der Waals surface area contributed by atoms with Crippen LogP contribution in [0.5, 0.6) is 0 Å². The first kappa shape index (κ1) is 19.0. The summed E-state index contributed by atoms with van der Waals surface area (Å²) in [5, 5.41) is 6.17. The number of amides is 1. The lowest BCUT2D eigenvalue weighted by Gasteiger charge is -2.07. The fourth-order valence-corrected chi connectivity index (χ4v) is 3.91. The van der Waals surface area contributed by atoms with Gasteiger partial charge in [-0.2, -0.15) is 11.8 Å². The Morgan fingerprint density at radius 1 is 1.29 bits per heavy atom. The van der Waals surface area contributed by atoms with E-state index in [1.807, 2.05) is 6.92 Å². The molecule has 0 aliphatic rings. The average Bonchev–Trinajstić information content (AvgIpc) is 2.98. The van der Waals surface area contributed by atoms with Crippen LogP contribution in [0, 0.1) is 12.8 Å². The molecule has 130 valence electrons. The van der Waals surface area contributed by atoms with Crippen LogP contribution in [0.3, 0.4) is 0 Å². The number of benzene rings is 1. The minimum Gasteiger partial charge on any atom is -0.355 e. The zero-order chi connectivity index (χ0) is 17.4. The summed E-state index contributed by atoms with van der Waals surface area (Å²) in [6.07, 6.45) is 2.03. The maximum absolute atomic E-state index is 11.8. The third kappa shape index (κ3) is 6.65. The molecule has 5 heteroatoms. The molecule has 2 aromatic rings. The number of nitrogens with one attached hydrogen (secondary N) is 1. The molecular formula is C19H26N2OS2. The first-order valence-corrected chi connectivity index (χ1v) is 10.4. The van der Waals surface area contributed by atoms with E-state index in [0.29, 0.717) is 18.2 Å². The highest BCUT2D eigenvalue weighted by Gasteiger charge is 2.04. The van der Waals surface area contributed by atoms with E-state index >= 15 is 0 Å². The quantitative estimate of drug-likeness (QED) is 0.665. The van der Waals surface area contributed by atoms with Crippen LogP contribution in [-0.2, 0) is 11.2 Å². The first-order chi connectivity index (χ1) is 11.5. The molecule has 0 aliphatic carbocycles. The second-order valence-corrected chi connectivity index (χ2v) is 8.45. The van der Waals surface area contributed by atoms with Gasteiger partial charge in [0.2, 0.25) is 5.91 Å². The van der Waals surface area contributed by atoms with Crippen LogP contribution < -0.4 is 5.32 Å². The van der Waals surface area contributed by atoms with Gasteiger partial charge in [-0.25, -0.2) is 4.98 Å². The predicted octanol–water partition coefficient (Wildman–Crippen LogP) is 4.56. The number of hydrogen-bond donors (Lipinski definition) is 1. The molecule has 2 rings (SSSR count). The van der Waals surface area contributed by atoms with Crippen LogP contribution in [0.2, 0.25) is 0 Å². The molecule has 0 radical (unpaired) electrons. The van der Waals surface area contributed by atoms with Gasteiger partial charge in [-0.05, 0) is 37.0 Å². The maximum atomic E-state index is 11.8. The van der Waals surface area contributed by atoms with E-state index in [-0.39, 0.29) is 5.91 Å². The molecule has 1 amide bonds. The van der Waals surface area contributed by atoms with Crippen molar-refractivity contribution in [2.24, 2.45) is 5.92 Å². The number of carbonyl (C=O) groups excluding carboxylic acids is 1. The summed E-state index contributed by atoms with van der Waals surface area (Å²) in [6.45, 7) is 7.13. The fraction of sp³-hybridized carbons (Fsp3) is 0.474. The van der Waals surface area contributed by atoms with Crippen LogP contribution in [-0.4, -0.2) is 28.9 Å². The summed E-state index contributed by atoms with van der Waals surface area (Å²) in [7, 11) is 0. The second-order valence-electron chi connectivity index (χ2n) is 6.28. The van der Waals surface area contributed by atoms with E-state index in [2.05, 4.69) is 53.8 Å². The van der Waals surface area contributed by atoms with E-state index in [0.717, 1.165) is 28.4 Å². The van der Waals surface area contributed by atoms with Crippen molar-refractivity contribution in [1.82, 2.24) is 10.3 Å². The van der Waals surface area contributed by atoms with Crippen molar-refractivity contribution in [2.75, 3.05) is 18.1 Å². The Morgan fingerprint density at radius 3 is 2.67 bits per heavy atom. The minimum atomic E-state index is 0.137. The normalized spacial score (nSPS) is 11.0. The number of rotatable bonds is 9. The predicted molar refractivity (Wildman–Crippen MR) is 106 cm³/mol. The third-order valence-corrected chi connectivity index (χ3v) is 5.44. The minimum absolute atomic E-state index is 0.137. The summed E-state index contributed by atoms with van der Waals surface area (Å²) in [5.74, 6) is 2.47. The van der Waals surface area contributed by atoms with Crippen molar-refractivity contribution < 1.29 is 4.79 Å². The number of thioether (sulfide) groups is 1. The van der Waals surface area contributed by atoms with E-state index in [4.69, 9.17) is 0 Å². The SMILES string of the molecule is Cc1nc(-c2ccc(CCNC(=O)CSCCC(C)C)cc2)cs1. The van der Waals surface area contributed by atoms with Gasteiger partial charge in [-0.15, -0.1) is 11.3 Å². The molecule has 0 spiro atoms. The van der Waals surface area contributed by atoms with Crippen molar-refractivity contribution in [3.8, 4) is 11.3 Å². The first-order valence-electron chi connectivity index (χ1n) is 8.40. The van der Waals surface area contributed by atoms with Crippen LogP contribution in [0.25, 0.3) is 11.3 Å². The summed E-state index contributed by atoms with van der Waals surface area (Å²) in [4.78, 5) is 16.3. The van der Waals surface area contributed by atoms with Crippen molar-refractivity contribution in [3.63, 3.8) is 0 Å². The maximum Gasteiger partial charge on any atom is 0.230 e. The molecule has 1 N–H and O–H groups in total. The zero-order valence-corrected chi connectivity index (χ0v) is 16.3. The van der Waals surface area contributed by atoms with Crippen LogP contribution in [0.1, 0.15) is 30.8 Å². The van der Waals surface area contributed by atoms with E-state index < -0.39 is 0 Å². The molecule has 0 bridgehead atoms. The van der Waals surface area contributed by atoms with Gasteiger partial charge in [0.1, 0.15) is 0 Å². The van der Waals surface area contributed by atoms with Gasteiger partial charge in [0, 0.05) is 17.5 Å². The number of thiazole rings is 1. The highest BCUT2D eigenvalue weighted by atomic mass is 32.2. The number of nitrogens with zero attached hydrogens (tertiary/aromatic N) is 1. The third-order valence-electron chi connectivity index (χ3n) is 3.68. The topological polar surface area (TPSA) is 42.0 Å². The molecule has 1 heterocycles. The molecule has 0 aliphatic heterocycles. The van der Waals surface area contributed by atoms with Gasteiger partial charge in [-0.3, -0.25) is 4.79 Å². The number of carbonyl (C=O) groups is 1. The fourth-order valence-electron chi connectivity index (χ4n) is 2.22. The summed E-state index contributed by atoms with van der Waals surface area (Å²) < 4.78 is 0. The Hall–Kier alpha value is -1.33. The lowest BCUT2D eigenvalue weighted by atomic mass is 10.1. The van der Waals surface area contributed by atoms with Gasteiger partial charge in [-0.1, -0.05) is 38.1 Å². The zero-order valence-electron chi connectivity index (χ0n) is 14.7. The van der Waals surface area contributed by atoms with E-state index in [1.165, 1.54) is 12.0 Å². The lowest BCUT2D eigenvalue weighted by molar-refractivity contribution is -0.118. The van der Waals surface area contributed by atoms with Crippen molar-refractivity contribution in [2.45, 2.75) is 33.6 Å². The molecule has 1 aromatic heterocycles. The van der Waals surface area contributed by atoms with Gasteiger partial charge < -0.3 is 5.32 Å². The largest absolute Gasteiger partial charge is 0.355 e. The molecule has 0 saturated heterocycles. The highest BCUT2D eigenvalue weighted by Crippen LogP contribution is 2.21. The Morgan fingerprint density at radius 2 is 2.04 bits per heavy atom. The second kappa shape index (κ2) is 9.84. The van der Waals surface area contributed by atoms with Crippen LogP contribution in [0.4, 0.5) is 0 Å². The van der Waals surface area contributed by atoms with Crippen molar-refractivity contribution >= 4 is 29.0 Å². The molecule has 1 aromatic carbocycles. The molecule has 0 atom stereocenters. The molecule has 3 nitrogen and oxygen atoms in total. The summed E-state index contributed by atoms with van der Waals surface area (Å²) in [6, 6.07) is 8.45. The van der Waals surface area contributed by atoms with E-state index in [1.54, 1.807) is 23.1 Å². The van der Waals surface area contributed by atoms with Crippen LogP contribution in [0.15, 0.2) is 29.6 Å². The number of aryl methyl sites for hydroxylation is 1. The summed E-state index contributed by atoms with van der Waals surface area (Å²) in [5.41, 5.74) is 3.42. The number of aromatic nitrogens is 1. The standard InChI is InChI=1S/C19H26N2OS2/c1-14(2)9-11-23-13-19(22)20-10-8-16-4-6-17(7-5-16)18-12-24-15(3)21-18/h4-7,12,14H,8-11,13H2,1-3H3,(H,20,22). The number of hydrogen-bond acceptors (Lipinski definition) is 4. The Balaban J connectivity index is 1.68. The smallest absolute Gasteiger partial charge is 0.230 e. The molecule has 24 heavy (non-hydrogen) atoms. The molecule has 0 saturated carbocycles. The lowest BCUT2D eigenvalue weighted by Crippen LogP contribution is -2.27. The Labute approximate surface area is 153 Å². The van der Waals surface area contributed by atoms with Gasteiger partial charge in [0.25, 0.3) is 0 Å². The Kier molecular flexibility index (Phi) is 7.79. The van der Waals surface area contributed by atoms with Gasteiger partial charge in [0.05, 0.1) is 16.5 Å². The monoisotopic (exact) mass is 362 g/mol. The van der Waals surface area contributed by atoms with Crippen molar-refractivity contribution in [3.05, 3.63) is 40.2 Å².